The normalized spacial score (nSPS) is 13.0. The molecule has 0 aromatic carbocycles. The van der Waals surface area contributed by atoms with Crippen molar-refractivity contribution >= 4 is 45.9 Å². The molecule has 1 aliphatic heterocycles. The molecule has 0 atom stereocenters. The summed E-state index contributed by atoms with van der Waals surface area (Å²) < 4.78 is 5.18. The van der Waals surface area contributed by atoms with Gasteiger partial charge in [0, 0.05) is 88.3 Å². The molecule has 0 spiro atoms. The molecule has 42 heavy (non-hydrogen) atoms. The van der Waals surface area contributed by atoms with Gasteiger partial charge in [0.15, 0.2) is 5.13 Å². The lowest BCUT2D eigenvalue weighted by Crippen LogP contribution is -2.48. The highest BCUT2D eigenvalue weighted by Crippen LogP contribution is 2.31. The Hall–Kier alpha value is -4.26. The third-order valence-corrected chi connectivity index (χ3v) is 6.90. The number of anilines is 3. The first-order valence-corrected chi connectivity index (χ1v) is 14.8. The Morgan fingerprint density at radius 3 is 2.38 bits per heavy atom. The van der Waals surface area contributed by atoms with E-state index in [4.69, 9.17) is 4.74 Å². The van der Waals surface area contributed by atoms with Crippen LogP contribution < -0.4 is 20.9 Å². The largest absolute Gasteiger partial charge is 0.444 e. The maximum atomic E-state index is 12.6. The van der Waals surface area contributed by atoms with E-state index in [-0.39, 0.29) is 24.9 Å². The molecule has 12 nitrogen and oxygen atoms in total. The van der Waals surface area contributed by atoms with Gasteiger partial charge in [0.2, 0.25) is 5.91 Å². The maximum Gasteiger partial charge on any atom is 0.407 e. The van der Waals surface area contributed by atoms with E-state index in [0.717, 1.165) is 29.2 Å². The van der Waals surface area contributed by atoms with Gasteiger partial charge in [-0.3, -0.25) is 14.6 Å². The van der Waals surface area contributed by atoms with E-state index in [9.17, 15) is 14.4 Å². The van der Waals surface area contributed by atoms with Crippen molar-refractivity contribution in [2.75, 3.05) is 49.5 Å². The number of carbonyl (C=O) groups is 3. The fourth-order valence-corrected chi connectivity index (χ4v) is 4.80. The summed E-state index contributed by atoms with van der Waals surface area (Å²) in [5.41, 5.74) is 1.61. The van der Waals surface area contributed by atoms with Crippen LogP contribution in [0.25, 0.3) is 10.4 Å². The number of nitrogens with one attached hydrogen (secondary N) is 3. The molecule has 4 heterocycles. The van der Waals surface area contributed by atoms with Gasteiger partial charge in [-0.2, -0.15) is 0 Å². The predicted molar refractivity (Wildman–Crippen MR) is 165 cm³/mol. The van der Waals surface area contributed by atoms with E-state index in [2.05, 4.69) is 35.8 Å². The van der Waals surface area contributed by atoms with Crippen LogP contribution in [-0.4, -0.2) is 82.6 Å². The lowest BCUT2D eigenvalue weighted by atomic mass is 10.2. The van der Waals surface area contributed by atoms with E-state index in [1.54, 1.807) is 52.4 Å². The number of amides is 3. The fourth-order valence-electron chi connectivity index (χ4n) is 3.99. The molecule has 0 unspecified atom stereocenters. The van der Waals surface area contributed by atoms with Gasteiger partial charge in [-0.15, -0.1) is 0 Å². The number of ether oxygens (including phenoxy) is 1. The Bertz CT molecular complexity index is 1350. The van der Waals surface area contributed by atoms with Gasteiger partial charge in [0.05, 0.1) is 10.4 Å². The first-order valence-electron chi connectivity index (χ1n) is 14.0. The lowest BCUT2D eigenvalue weighted by Gasteiger charge is -2.35. The highest BCUT2D eigenvalue weighted by molar-refractivity contribution is 7.18. The van der Waals surface area contributed by atoms with Crippen molar-refractivity contribution < 1.29 is 19.1 Å². The van der Waals surface area contributed by atoms with Crippen molar-refractivity contribution in [3.63, 3.8) is 0 Å². The average Bonchev–Trinajstić information content (AvgIpc) is 3.44. The topological polar surface area (TPSA) is 142 Å². The zero-order chi connectivity index (χ0) is 30.7. The summed E-state index contributed by atoms with van der Waals surface area (Å²) in [6.45, 7) is 14.4. The lowest BCUT2D eigenvalue weighted by molar-refractivity contribution is -0.129. The first kappa shape index (κ1) is 32.3. The molecule has 3 aromatic rings. The molecule has 13 heteroatoms. The van der Waals surface area contributed by atoms with Gasteiger partial charge in [-0.1, -0.05) is 25.2 Å². The van der Waals surface area contributed by atoms with Crippen LogP contribution >= 0.6 is 11.3 Å². The molecular weight excluding hydrogens is 556 g/mol. The molecule has 1 fully saturated rings. The summed E-state index contributed by atoms with van der Waals surface area (Å²) >= 11 is 1.42. The molecule has 1 saturated heterocycles. The Balaban J connectivity index is 0.00000237. The Morgan fingerprint density at radius 2 is 1.69 bits per heavy atom. The van der Waals surface area contributed by atoms with Gasteiger partial charge in [0.25, 0.3) is 5.91 Å². The summed E-state index contributed by atoms with van der Waals surface area (Å²) in [6.07, 6.45) is 6.11. The second kappa shape index (κ2) is 15.1. The zero-order valence-corrected chi connectivity index (χ0v) is 25.9. The third-order valence-electron chi connectivity index (χ3n) is 5.94. The van der Waals surface area contributed by atoms with Crippen LogP contribution in [0, 0.1) is 0 Å². The van der Waals surface area contributed by atoms with Gasteiger partial charge < -0.3 is 30.5 Å². The molecule has 3 amide bonds. The quantitative estimate of drug-likeness (QED) is 0.325. The number of hydrogen-bond acceptors (Lipinski definition) is 10. The molecule has 0 radical (unpaired) electrons. The number of hydrogen-bond donors (Lipinski definition) is 3. The van der Waals surface area contributed by atoms with E-state index in [1.807, 2.05) is 30.9 Å². The molecule has 3 N–H and O–H groups in total. The molecule has 3 aromatic heterocycles. The van der Waals surface area contributed by atoms with Crippen molar-refractivity contribution in [3.8, 4) is 10.4 Å². The number of aromatic nitrogens is 3. The van der Waals surface area contributed by atoms with Crippen LogP contribution in [0.2, 0.25) is 0 Å². The van der Waals surface area contributed by atoms with Crippen LogP contribution in [0.3, 0.4) is 0 Å². The van der Waals surface area contributed by atoms with E-state index >= 15 is 0 Å². The minimum absolute atomic E-state index is 0.102. The van der Waals surface area contributed by atoms with Crippen LogP contribution in [-0.2, 0) is 9.53 Å². The third kappa shape index (κ3) is 9.68. The summed E-state index contributed by atoms with van der Waals surface area (Å²) in [6, 6.07) is 5.67. The van der Waals surface area contributed by atoms with E-state index in [0.29, 0.717) is 29.6 Å². The number of rotatable bonds is 8. The molecule has 1 aliphatic rings. The van der Waals surface area contributed by atoms with E-state index in [1.165, 1.54) is 17.5 Å². The van der Waals surface area contributed by atoms with Gasteiger partial charge in [-0.25, -0.2) is 14.8 Å². The van der Waals surface area contributed by atoms with Crippen molar-refractivity contribution in [1.82, 2.24) is 30.5 Å². The van der Waals surface area contributed by atoms with Crippen LogP contribution in [0.4, 0.5) is 21.4 Å². The molecular formula is C29H40N8O4S. The fraction of sp³-hybridized carbons (Fsp3) is 0.448. The summed E-state index contributed by atoms with van der Waals surface area (Å²) in [4.78, 5) is 54.0. The van der Waals surface area contributed by atoms with Gasteiger partial charge >= 0.3 is 6.09 Å². The van der Waals surface area contributed by atoms with Crippen molar-refractivity contribution in [3.05, 3.63) is 48.5 Å². The molecule has 226 valence electrons. The average molecular weight is 597 g/mol. The number of alkyl carbamates (subject to hydrolysis) is 1. The SMILES string of the molecule is CC.CC(=O)N1CCN(c2ccnc(Nc3ncc(-c4cncc(C(=O)NCCNC(=O)OC(C)(C)C)c4)s3)c2)CC1. The van der Waals surface area contributed by atoms with Crippen LogP contribution in [0.15, 0.2) is 43.0 Å². The van der Waals surface area contributed by atoms with Crippen molar-refractivity contribution in [2.45, 2.75) is 47.1 Å². The van der Waals surface area contributed by atoms with E-state index < -0.39 is 11.7 Å². The van der Waals surface area contributed by atoms with Crippen LogP contribution in [0.1, 0.15) is 51.9 Å². The minimum Gasteiger partial charge on any atom is -0.444 e. The molecule has 0 saturated carbocycles. The minimum atomic E-state index is -0.583. The Labute approximate surface area is 250 Å². The standard InChI is InChI=1S/C27H34N8O4S.C2H6/c1-18(36)34-9-11-35(12-10-34)21-5-6-29-23(14-21)33-25-32-17-22(40-25)19-13-20(16-28-15-19)24(37)30-7-8-31-26(38)39-27(2,3)4;1-2/h5-6,13-17H,7-12H2,1-4H3,(H,30,37)(H,31,38)(H,29,32,33);1-2H3. The highest BCUT2D eigenvalue weighted by Gasteiger charge is 2.19. The van der Waals surface area contributed by atoms with Gasteiger partial charge in [-0.05, 0) is 32.9 Å². The first-order chi connectivity index (χ1) is 20.1. The summed E-state index contributed by atoms with van der Waals surface area (Å²) in [5, 5.41) is 9.29. The smallest absolute Gasteiger partial charge is 0.407 e. The van der Waals surface area contributed by atoms with Crippen molar-refractivity contribution in [1.29, 1.82) is 0 Å². The Morgan fingerprint density at radius 1 is 0.976 bits per heavy atom. The highest BCUT2D eigenvalue weighted by atomic mass is 32.1. The number of thiazole rings is 1. The number of carbonyl (C=O) groups excluding carboxylic acids is 3. The van der Waals surface area contributed by atoms with Crippen molar-refractivity contribution in [2.24, 2.45) is 0 Å². The summed E-state index contributed by atoms with van der Waals surface area (Å²) in [5.74, 6) is 0.470. The number of piperazine rings is 1. The monoisotopic (exact) mass is 596 g/mol. The number of nitrogens with zero attached hydrogens (tertiary/aromatic N) is 5. The molecule has 4 rings (SSSR count). The van der Waals surface area contributed by atoms with Gasteiger partial charge in [0.1, 0.15) is 11.4 Å². The predicted octanol–water partition coefficient (Wildman–Crippen LogP) is 4.29. The van der Waals surface area contributed by atoms with Crippen LogP contribution in [0.5, 0.6) is 0 Å². The summed E-state index contributed by atoms with van der Waals surface area (Å²) in [7, 11) is 0. The second-order valence-corrected chi connectivity index (χ2v) is 11.2. The second-order valence-electron chi connectivity index (χ2n) is 10.2. The molecule has 0 bridgehead atoms. The zero-order valence-electron chi connectivity index (χ0n) is 25.1. The Kier molecular flexibility index (Phi) is 11.6. The number of pyridine rings is 2. The molecule has 0 aliphatic carbocycles. The maximum absolute atomic E-state index is 12.6.